The first-order chi connectivity index (χ1) is 9.63. The molecule has 5 heteroatoms. The number of fused-ring (bicyclic) bond motifs is 1. The highest BCUT2D eigenvalue weighted by Crippen LogP contribution is 2.22. The van der Waals surface area contributed by atoms with Crippen molar-refractivity contribution in [3.63, 3.8) is 0 Å². The van der Waals surface area contributed by atoms with Gasteiger partial charge < -0.3 is 13.8 Å². The number of benzene rings is 1. The van der Waals surface area contributed by atoms with Gasteiger partial charge in [0, 0.05) is 18.4 Å². The van der Waals surface area contributed by atoms with Crippen LogP contribution in [0.15, 0.2) is 39.3 Å². The van der Waals surface area contributed by atoms with Gasteiger partial charge in [0.1, 0.15) is 11.3 Å². The zero-order valence-electron chi connectivity index (χ0n) is 11.8. The summed E-state index contributed by atoms with van der Waals surface area (Å²) in [7, 11) is 1.91. The molecule has 0 aliphatic carbocycles. The second-order valence-electron chi connectivity index (χ2n) is 5.20. The number of aromatic nitrogens is 2. The Morgan fingerprint density at radius 2 is 2.05 bits per heavy atom. The van der Waals surface area contributed by atoms with E-state index >= 15 is 0 Å². The second kappa shape index (κ2) is 5.00. The molecule has 0 saturated heterocycles. The summed E-state index contributed by atoms with van der Waals surface area (Å²) in [5, 5.41) is 5.06. The van der Waals surface area contributed by atoms with Gasteiger partial charge in [0.05, 0.1) is 6.54 Å². The van der Waals surface area contributed by atoms with E-state index in [9.17, 15) is 0 Å². The average Bonchev–Trinajstić information content (AvgIpc) is 3.04. The van der Waals surface area contributed by atoms with Crippen molar-refractivity contribution < 1.29 is 8.94 Å². The van der Waals surface area contributed by atoms with Crippen LogP contribution < -0.4 is 4.90 Å². The lowest BCUT2D eigenvalue weighted by Gasteiger charge is -2.10. The minimum absolute atomic E-state index is 0.257. The lowest BCUT2D eigenvalue weighted by molar-refractivity contribution is 0.403. The van der Waals surface area contributed by atoms with Gasteiger partial charge in [-0.15, -0.1) is 0 Å². The van der Waals surface area contributed by atoms with E-state index in [4.69, 9.17) is 8.94 Å². The molecule has 0 saturated carbocycles. The molecule has 0 N–H and O–H groups in total. The summed E-state index contributed by atoms with van der Waals surface area (Å²) < 4.78 is 11.0. The van der Waals surface area contributed by atoms with Gasteiger partial charge in [-0.1, -0.05) is 37.2 Å². The number of hydrogen-bond acceptors (Lipinski definition) is 5. The van der Waals surface area contributed by atoms with Crippen molar-refractivity contribution in [1.82, 2.24) is 10.1 Å². The molecule has 0 radical (unpaired) electrons. The lowest BCUT2D eigenvalue weighted by Crippen LogP contribution is -2.16. The summed E-state index contributed by atoms with van der Waals surface area (Å²) in [5.74, 6) is 1.85. The monoisotopic (exact) mass is 271 g/mol. The summed E-state index contributed by atoms with van der Waals surface area (Å²) in [6.07, 6.45) is 0. The molecule has 0 atom stereocenters. The highest BCUT2D eigenvalue weighted by atomic mass is 16.5. The highest BCUT2D eigenvalue weighted by molar-refractivity contribution is 5.77. The van der Waals surface area contributed by atoms with Gasteiger partial charge in [0.25, 0.3) is 0 Å². The SMILES string of the molecule is CC(C)c1noc(N(C)Cc2cc3ccccc3o2)n1. The molecule has 104 valence electrons. The fourth-order valence-electron chi connectivity index (χ4n) is 2.03. The van der Waals surface area contributed by atoms with Crippen molar-refractivity contribution >= 4 is 17.0 Å². The predicted octanol–water partition coefficient (Wildman–Crippen LogP) is 3.58. The molecule has 2 heterocycles. The standard InChI is InChI=1S/C15H17N3O2/c1-10(2)14-16-15(20-17-14)18(3)9-12-8-11-6-4-5-7-13(11)19-12/h4-8,10H,9H2,1-3H3. The highest BCUT2D eigenvalue weighted by Gasteiger charge is 2.15. The molecule has 1 aromatic carbocycles. The van der Waals surface area contributed by atoms with E-state index in [0.717, 1.165) is 22.6 Å². The Labute approximate surface area is 117 Å². The molecule has 0 amide bonds. The first kappa shape index (κ1) is 12.7. The number of anilines is 1. The van der Waals surface area contributed by atoms with Crippen LogP contribution in [0.1, 0.15) is 31.4 Å². The Balaban J connectivity index is 1.78. The summed E-state index contributed by atoms with van der Waals surface area (Å²) >= 11 is 0. The van der Waals surface area contributed by atoms with Crippen LogP contribution in [0.25, 0.3) is 11.0 Å². The molecular formula is C15H17N3O2. The van der Waals surface area contributed by atoms with E-state index in [1.165, 1.54) is 0 Å². The van der Waals surface area contributed by atoms with Crippen molar-refractivity contribution in [3.05, 3.63) is 41.9 Å². The van der Waals surface area contributed by atoms with Crippen molar-refractivity contribution in [2.24, 2.45) is 0 Å². The van der Waals surface area contributed by atoms with Crippen LogP contribution in [0.5, 0.6) is 0 Å². The van der Waals surface area contributed by atoms with E-state index in [0.29, 0.717) is 12.6 Å². The van der Waals surface area contributed by atoms with Gasteiger partial charge in [-0.25, -0.2) is 0 Å². The molecule has 0 unspecified atom stereocenters. The Morgan fingerprint density at radius 1 is 1.25 bits per heavy atom. The van der Waals surface area contributed by atoms with Crippen LogP contribution in [0, 0.1) is 0 Å². The maximum absolute atomic E-state index is 5.78. The van der Waals surface area contributed by atoms with Gasteiger partial charge in [-0.2, -0.15) is 4.98 Å². The number of nitrogens with zero attached hydrogens (tertiary/aromatic N) is 3. The average molecular weight is 271 g/mol. The Kier molecular flexibility index (Phi) is 3.18. The third-order valence-corrected chi connectivity index (χ3v) is 3.14. The van der Waals surface area contributed by atoms with Crippen molar-refractivity contribution in [2.45, 2.75) is 26.3 Å². The molecular weight excluding hydrogens is 254 g/mol. The van der Waals surface area contributed by atoms with E-state index in [1.54, 1.807) is 0 Å². The van der Waals surface area contributed by atoms with Gasteiger partial charge in [0.2, 0.25) is 0 Å². The normalized spacial score (nSPS) is 11.4. The van der Waals surface area contributed by atoms with Gasteiger partial charge in [-0.3, -0.25) is 0 Å². The predicted molar refractivity (Wildman–Crippen MR) is 76.7 cm³/mol. The molecule has 0 spiro atoms. The summed E-state index contributed by atoms with van der Waals surface area (Å²) in [6, 6.07) is 10.5. The molecule has 0 aliphatic heterocycles. The largest absolute Gasteiger partial charge is 0.459 e. The molecule has 3 aromatic rings. The van der Waals surface area contributed by atoms with Crippen LogP contribution in [0.4, 0.5) is 6.01 Å². The maximum Gasteiger partial charge on any atom is 0.324 e. The number of rotatable bonds is 4. The van der Waals surface area contributed by atoms with E-state index in [1.807, 2.05) is 56.1 Å². The van der Waals surface area contributed by atoms with Crippen molar-refractivity contribution in [2.75, 3.05) is 11.9 Å². The fraction of sp³-hybridized carbons (Fsp3) is 0.333. The first-order valence-corrected chi connectivity index (χ1v) is 6.65. The second-order valence-corrected chi connectivity index (χ2v) is 5.20. The maximum atomic E-state index is 5.78. The molecule has 0 aliphatic rings. The van der Waals surface area contributed by atoms with Crippen LogP contribution in [-0.2, 0) is 6.54 Å². The number of para-hydroxylation sites is 1. The fourth-order valence-corrected chi connectivity index (χ4v) is 2.03. The van der Waals surface area contributed by atoms with Crippen molar-refractivity contribution in [1.29, 1.82) is 0 Å². The van der Waals surface area contributed by atoms with Crippen LogP contribution >= 0.6 is 0 Å². The minimum Gasteiger partial charge on any atom is -0.459 e. The summed E-state index contributed by atoms with van der Waals surface area (Å²) in [4.78, 5) is 6.25. The summed E-state index contributed by atoms with van der Waals surface area (Å²) in [5.41, 5.74) is 0.893. The lowest BCUT2D eigenvalue weighted by atomic mass is 10.2. The van der Waals surface area contributed by atoms with Crippen LogP contribution in [-0.4, -0.2) is 17.2 Å². The Bertz CT molecular complexity index is 682. The number of hydrogen-bond donors (Lipinski definition) is 0. The third kappa shape index (κ3) is 2.39. The topological polar surface area (TPSA) is 55.3 Å². The molecule has 3 rings (SSSR count). The Morgan fingerprint density at radius 3 is 2.75 bits per heavy atom. The summed E-state index contributed by atoms with van der Waals surface area (Å²) in [6.45, 7) is 4.66. The quantitative estimate of drug-likeness (QED) is 0.726. The van der Waals surface area contributed by atoms with E-state index in [-0.39, 0.29) is 5.92 Å². The van der Waals surface area contributed by atoms with Crippen LogP contribution in [0.2, 0.25) is 0 Å². The van der Waals surface area contributed by atoms with E-state index < -0.39 is 0 Å². The van der Waals surface area contributed by atoms with E-state index in [2.05, 4.69) is 10.1 Å². The van der Waals surface area contributed by atoms with Crippen LogP contribution in [0.3, 0.4) is 0 Å². The number of furan rings is 1. The van der Waals surface area contributed by atoms with Gasteiger partial charge in [-0.05, 0) is 12.1 Å². The molecule has 0 fully saturated rings. The smallest absolute Gasteiger partial charge is 0.324 e. The Hall–Kier alpha value is -2.30. The zero-order valence-corrected chi connectivity index (χ0v) is 11.8. The zero-order chi connectivity index (χ0) is 14.1. The molecule has 2 aromatic heterocycles. The minimum atomic E-state index is 0.257. The van der Waals surface area contributed by atoms with Gasteiger partial charge >= 0.3 is 6.01 Å². The molecule has 20 heavy (non-hydrogen) atoms. The van der Waals surface area contributed by atoms with Crippen molar-refractivity contribution in [3.8, 4) is 0 Å². The first-order valence-electron chi connectivity index (χ1n) is 6.65. The molecule has 0 bridgehead atoms. The van der Waals surface area contributed by atoms with Gasteiger partial charge in [0.15, 0.2) is 5.82 Å². The third-order valence-electron chi connectivity index (χ3n) is 3.14. The molecule has 5 nitrogen and oxygen atoms in total.